The first kappa shape index (κ1) is 39.3. The molecule has 0 aliphatic heterocycles. The first-order chi connectivity index (χ1) is 29.6. The van der Waals surface area contributed by atoms with Crippen molar-refractivity contribution >= 4 is 58.4 Å². The molecule has 0 radical (unpaired) electrons. The molecule has 0 spiro atoms. The fourth-order valence-corrected chi connectivity index (χ4v) is 8.50. The van der Waals surface area contributed by atoms with Crippen LogP contribution in [0.4, 0.5) is 34.1 Å². The third-order valence-electron chi connectivity index (χ3n) is 12.1. The zero-order valence-corrected chi connectivity index (χ0v) is 36.0. The molecular formula is C59H52N2. The number of rotatable bonds is 10. The van der Waals surface area contributed by atoms with Gasteiger partial charge in [0.15, 0.2) is 0 Å². The maximum Gasteiger partial charge on any atom is 0.0462 e. The third kappa shape index (κ3) is 8.23. The summed E-state index contributed by atoms with van der Waals surface area (Å²) in [5.74, 6) is 0. The first-order valence-corrected chi connectivity index (χ1v) is 21.3. The Labute approximate surface area is 362 Å². The zero-order valence-electron chi connectivity index (χ0n) is 36.0. The predicted octanol–water partition coefficient (Wildman–Crippen LogP) is 16.5. The number of fused-ring (bicyclic) bond motifs is 3. The zero-order chi connectivity index (χ0) is 42.1. The summed E-state index contributed by atoms with van der Waals surface area (Å²) >= 11 is 0. The van der Waals surface area contributed by atoms with Crippen LogP contribution >= 0.6 is 0 Å². The van der Waals surface area contributed by atoms with Gasteiger partial charge in [-0.05, 0) is 145 Å². The summed E-state index contributed by atoms with van der Waals surface area (Å²) < 4.78 is 0. The Morgan fingerprint density at radius 2 is 0.525 bits per heavy atom. The van der Waals surface area contributed by atoms with Gasteiger partial charge in [-0.3, -0.25) is 0 Å². The fraction of sp³-hybridized carbons (Fsp3) is 0.119. The Morgan fingerprint density at radius 1 is 0.295 bits per heavy atom. The van der Waals surface area contributed by atoms with Crippen molar-refractivity contribution < 1.29 is 0 Å². The molecule has 0 amide bonds. The summed E-state index contributed by atoms with van der Waals surface area (Å²) in [5, 5.41) is 0. The van der Waals surface area contributed by atoms with Crippen molar-refractivity contribution in [3.63, 3.8) is 0 Å². The van der Waals surface area contributed by atoms with E-state index in [2.05, 4.69) is 258 Å². The van der Waals surface area contributed by atoms with Gasteiger partial charge in [0.05, 0.1) is 0 Å². The molecule has 0 N–H and O–H groups in total. The topological polar surface area (TPSA) is 6.48 Å². The highest BCUT2D eigenvalue weighted by molar-refractivity contribution is 5.85. The van der Waals surface area contributed by atoms with Crippen LogP contribution in [0.3, 0.4) is 0 Å². The normalized spacial score (nSPS) is 12.8. The lowest BCUT2D eigenvalue weighted by atomic mass is 9.81. The Morgan fingerprint density at radius 3 is 0.803 bits per heavy atom. The number of hydrogen-bond donors (Lipinski definition) is 0. The molecule has 2 heteroatoms. The van der Waals surface area contributed by atoms with Gasteiger partial charge in [-0.1, -0.05) is 170 Å². The first-order valence-electron chi connectivity index (χ1n) is 21.3. The Balaban J connectivity index is 0.913. The number of benzene rings is 8. The summed E-state index contributed by atoms with van der Waals surface area (Å²) in [6.45, 7) is 13.2. The van der Waals surface area contributed by atoms with Crippen molar-refractivity contribution in [1.82, 2.24) is 0 Å². The highest BCUT2D eigenvalue weighted by Crippen LogP contribution is 2.49. The molecule has 0 heterocycles. The lowest BCUT2D eigenvalue weighted by Crippen LogP contribution is -2.15. The van der Waals surface area contributed by atoms with Crippen molar-refractivity contribution in [3.05, 3.63) is 238 Å². The van der Waals surface area contributed by atoms with Crippen LogP contribution in [0, 0.1) is 27.7 Å². The van der Waals surface area contributed by atoms with E-state index in [1.54, 1.807) is 0 Å². The minimum absolute atomic E-state index is 0.119. The highest BCUT2D eigenvalue weighted by atomic mass is 15.1. The Bertz CT molecular complexity index is 2570. The summed E-state index contributed by atoms with van der Waals surface area (Å²) in [5.41, 5.74) is 21.9. The molecule has 8 aromatic carbocycles. The van der Waals surface area contributed by atoms with E-state index in [4.69, 9.17) is 0 Å². The van der Waals surface area contributed by atoms with E-state index in [9.17, 15) is 0 Å². The smallest absolute Gasteiger partial charge is 0.0462 e. The van der Waals surface area contributed by atoms with Crippen LogP contribution in [0.5, 0.6) is 0 Å². The standard InChI is InChI=1S/C59H52N2/c1-41-7-25-49(26-8-41)60(50-27-9-42(2)10-28-50)53-33-19-45(20-34-53)15-17-47-23-37-55-56-38-24-48(40-58(56)59(5,6)57(55)39-47)18-16-46-21-35-54(36-22-46)61(51-29-11-43(3)12-30-51)52-31-13-44(4)14-32-52/h7-40H,1-6H3. The SMILES string of the molecule is Cc1ccc(N(c2ccc(C)cc2)c2ccc(C=Cc3ccc4c(c3)C(C)(C)c3cc(C=Cc5ccc(N(c6ccc(C)cc6)c6ccc(C)cc6)cc5)ccc3-4)cc2)cc1. The van der Waals surface area contributed by atoms with Crippen molar-refractivity contribution in [1.29, 1.82) is 0 Å². The summed E-state index contributed by atoms with van der Waals surface area (Å²) in [4.78, 5) is 4.64. The van der Waals surface area contributed by atoms with Gasteiger partial charge in [-0.15, -0.1) is 0 Å². The average molecular weight is 789 g/mol. The van der Waals surface area contributed by atoms with Crippen molar-refractivity contribution in [3.8, 4) is 11.1 Å². The van der Waals surface area contributed by atoms with E-state index >= 15 is 0 Å². The maximum atomic E-state index is 2.38. The van der Waals surface area contributed by atoms with Crippen LogP contribution < -0.4 is 9.80 Å². The second kappa shape index (κ2) is 16.5. The second-order valence-electron chi connectivity index (χ2n) is 17.1. The van der Waals surface area contributed by atoms with Gasteiger partial charge in [0, 0.05) is 39.5 Å². The monoisotopic (exact) mass is 788 g/mol. The van der Waals surface area contributed by atoms with Gasteiger partial charge >= 0.3 is 0 Å². The molecule has 298 valence electrons. The third-order valence-corrected chi connectivity index (χ3v) is 12.1. The molecular weight excluding hydrogens is 737 g/mol. The van der Waals surface area contributed by atoms with Crippen LogP contribution in [0.2, 0.25) is 0 Å². The van der Waals surface area contributed by atoms with Crippen LogP contribution in [0.15, 0.2) is 182 Å². The van der Waals surface area contributed by atoms with Crippen LogP contribution in [0.1, 0.15) is 69.5 Å². The van der Waals surface area contributed by atoms with Crippen molar-refractivity contribution in [2.45, 2.75) is 47.0 Å². The van der Waals surface area contributed by atoms with Crippen LogP contribution in [-0.2, 0) is 5.41 Å². The van der Waals surface area contributed by atoms with E-state index in [1.165, 1.54) is 66.8 Å². The molecule has 0 fully saturated rings. The van der Waals surface area contributed by atoms with E-state index in [1.807, 2.05) is 0 Å². The minimum Gasteiger partial charge on any atom is -0.311 e. The van der Waals surface area contributed by atoms with Crippen LogP contribution in [-0.4, -0.2) is 0 Å². The quantitative estimate of drug-likeness (QED) is 0.127. The number of hydrogen-bond acceptors (Lipinski definition) is 2. The maximum absolute atomic E-state index is 2.38. The highest BCUT2D eigenvalue weighted by Gasteiger charge is 2.35. The van der Waals surface area contributed by atoms with E-state index in [-0.39, 0.29) is 5.41 Å². The number of nitrogens with zero attached hydrogens (tertiary/aromatic N) is 2. The van der Waals surface area contributed by atoms with Crippen molar-refractivity contribution in [2.24, 2.45) is 0 Å². The molecule has 8 aromatic rings. The molecule has 0 bridgehead atoms. The molecule has 0 unspecified atom stereocenters. The second-order valence-corrected chi connectivity index (χ2v) is 17.1. The minimum atomic E-state index is -0.119. The lowest BCUT2D eigenvalue weighted by Gasteiger charge is -2.26. The molecule has 9 rings (SSSR count). The molecule has 61 heavy (non-hydrogen) atoms. The van der Waals surface area contributed by atoms with Gasteiger partial charge in [-0.25, -0.2) is 0 Å². The van der Waals surface area contributed by atoms with E-state index in [0.29, 0.717) is 0 Å². The summed E-state index contributed by atoms with van der Waals surface area (Å²) in [6, 6.07) is 66.6. The number of anilines is 6. The fourth-order valence-electron chi connectivity index (χ4n) is 8.50. The lowest BCUT2D eigenvalue weighted by molar-refractivity contribution is 0.660. The van der Waals surface area contributed by atoms with E-state index in [0.717, 1.165) is 34.1 Å². The van der Waals surface area contributed by atoms with Gasteiger partial charge in [0.1, 0.15) is 0 Å². The Kier molecular flexibility index (Phi) is 10.6. The van der Waals surface area contributed by atoms with Crippen molar-refractivity contribution in [2.75, 3.05) is 9.80 Å². The molecule has 0 saturated heterocycles. The largest absolute Gasteiger partial charge is 0.311 e. The molecule has 2 nitrogen and oxygen atoms in total. The average Bonchev–Trinajstić information content (AvgIpc) is 3.50. The van der Waals surface area contributed by atoms with E-state index < -0.39 is 0 Å². The molecule has 1 aliphatic carbocycles. The Hall–Kier alpha value is -7.16. The summed E-state index contributed by atoms with van der Waals surface area (Å²) in [6.07, 6.45) is 8.93. The molecule has 0 saturated carbocycles. The molecule has 0 aromatic heterocycles. The molecule has 1 aliphatic rings. The molecule has 0 atom stereocenters. The van der Waals surface area contributed by atoms with Gasteiger partial charge < -0.3 is 9.80 Å². The predicted molar refractivity (Wildman–Crippen MR) is 263 cm³/mol. The summed E-state index contributed by atoms with van der Waals surface area (Å²) in [7, 11) is 0. The van der Waals surface area contributed by atoms with Crippen LogP contribution in [0.25, 0.3) is 35.4 Å². The number of aryl methyl sites for hydroxylation is 4. The van der Waals surface area contributed by atoms with Gasteiger partial charge in [0.25, 0.3) is 0 Å². The van der Waals surface area contributed by atoms with Gasteiger partial charge in [-0.2, -0.15) is 0 Å². The van der Waals surface area contributed by atoms with Gasteiger partial charge in [0.2, 0.25) is 0 Å².